The summed E-state index contributed by atoms with van der Waals surface area (Å²) in [5.74, 6) is 0.700. The second kappa shape index (κ2) is 2.53. The molecule has 3 nitrogen and oxygen atoms in total. The standard InChI is InChI=1S/C6H8O3/c1-2-5-3-4-8-6(7)9-5/h2H,3-4H2,1H3. The van der Waals surface area contributed by atoms with E-state index in [0.717, 1.165) is 0 Å². The van der Waals surface area contributed by atoms with Crippen molar-refractivity contribution >= 4 is 6.16 Å². The van der Waals surface area contributed by atoms with Crippen LogP contribution < -0.4 is 0 Å². The van der Waals surface area contributed by atoms with Gasteiger partial charge in [-0.2, -0.15) is 0 Å². The minimum Gasteiger partial charge on any atom is -0.434 e. The molecule has 0 aromatic rings. The molecule has 0 unspecified atom stereocenters. The molecule has 0 atom stereocenters. The van der Waals surface area contributed by atoms with Crippen molar-refractivity contribution in [1.82, 2.24) is 0 Å². The zero-order valence-corrected chi connectivity index (χ0v) is 5.22. The van der Waals surface area contributed by atoms with Crippen LogP contribution in [0.2, 0.25) is 0 Å². The highest BCUT2D eigenvalue weighted by molar-refractivity contribution is 5.62. The first kappa shape index (κ1) is 6.13. The van der Waals surface area contributed by atoms with Gasteiger partial charge in [0, 0.05) is 6.42 Å². The molecule has 1 saturated heterocycles. The summed E-state index contributed by atoms with van der Waals surface area (Å²) in [5.41, 5.74) is 0. The summed E-state index contributed by atoms with van der Waals surface area (Å²) in [7, 11) is 0. The van der Waals surface area contributed by atoms with Gasteiger partial charge < -0.3 is 9.47 Å². The van der Waals surface area contributed by atoms with E-state index in [0.29, 0.717) is 18.8 Å². The van der Waals surface area contributed by atoms with E-state index in [9.17, 15) is 4.79 Å². The highest BCUT2D eigenvalue weighted by atomic mass is 16.7. The Kier molecular flexibility index (Phi) is 1.72. The molecule has 0 amide bonds. The molecule has 1 aliphatic rings. The minimum atomic E-state index is -0.589. The van der Waals surface area contributed by atoms with E-state index in [4.69, 9.17) is 0 Å². The second-order valence-electron chi connectivity index (χ2n) is 1.71. The second-order valence-corrected chi connectivity index (χ2v) is 1.71. The van der Waals surface area contributed by atoms with E-state index in [2.05, 4.69) is 9.47 Å². The molecule has 9 heavy (non-hydrogen) atoms. The molecule has 1 aliphatic heterocycles. The van der Waals surface area contributed by atoms with Gasteiger partial charge in [-0.3, -0.25) is 0 Å². The highest BCUT2D eigenvalue weighted by Gasteiger charge is 2.13. The van der Waals surface area contributed by atoms with E-state index in [1.807, 2.05) is 6.92 Å². The molecule has 0 aromatic heterocycles. The average molecular weight is 128 g/mol. The van der Waals surface area contributed by atoms with Crippen molar-refractivity contribution in [3.63, 3.8) is 0 Å². The summed E-state index contributed by atoms with van der Waals surface area (Å²) >= 11 is 0. The number of carbonyl (C=O) groups is 1. The van der Waals surface area contributed by atoms with Crippen LogP contribution in [0.15, 0.2) is 11.8 Å². The van der Waals surface area contributed by atoms with Gasteiger partial charge in [0.05, 0.1) is 0 Å². The van der Waals surface area contributed by atoms with Gasteiger partial charge in [0.15, 0.2) is 0 Å². The minimum absolute atomic E-state index is 0.443. The van der Waals surface area contributed by atoms with E-state index in [1.165, 1.54) is 0 Å². The van der Waals surface area contributed by atoms with Gasteiger partial charge in [-0.15, -0.1) is 0 Å². The van der Waals surface area contributed by atoms with E-state index in [-0.39, 0.29) is 0 Å². The maximum atomic E-state index is 10.3. The molecule has 0 saturated carbocycles. The van der Waals surface area contributed by atoms with E-state index in [1.54, 1.807) is 6.08 Å². The molecule has 0 radical (unpaired) electrons. The van der Waals surface area contributed by atoms with Crippen LogP contribution in [0.4, 0.5) is 4.79 Å². The number of carbonyl (C=O) groups excluding carboxylic acids is 1. The molecule has 3 heteroatoms. The molecule has 0 N–H and O–H groups in total. The van der Waals surface area contributed by atoms with Gasteiger partial charge in [-0.1, -0.05) is 0 Å². The summed E-state index contributed by atoms with van der Waals surface area (Å²) in [6.07, 6.45) is 1.87. The number of hydrogen-bond donors (Lipinski definition) is 0. The topological polar surface area (TPSA) is 35.5 Å². The van der Waals surface area contributed by atoms with Gasteiger partial charge in [0.25, 0.3) is 0 Å². The van der Waals surface area contributed by atoms with Crippen molar-refractivity contribution in [2.45, 2.75) is 13.3 Å². The number of hydrogen-bond acceptors (Lipinski definition) is 3. The summed E-state index contributed by atoms with van der Waals surface area (Å²) in [5, 5.41) is 0. The van der Waals surface area contributed by atoms with Crippen molar-refractivity contribution in [2.24, 2.45) is 0 Å². The Morgan fingerprint density at radius 3 is 2.89 bits per heavy atom. The van der Waals surface area contributed by atoms with Gasteiger partial charge in [0.1, 0.15) is 12.4 Å². The van der Waals surface area contributed by atoms with E-state index >= 15 is 0 Å². The maximum Gasteiger partial charge on any atom is 0.513 e. The van der Waals surface area contributed by atoms with Crippen molar-refractivity contribution in [3.05, 3.63) is 11.8 Å². The molecule has 1 fully saturated rings. The van der Waals surface area contributed by atoms with Crippen molar-refractivity contribution in [2.75, 3.05) is 6.61 Å². The molecule has 1 rings (SSSR count). The first-order valence-corrected chi connectivity index (χ1v) is 2.82. The maximum absolute atomic E-state index is 10.3. The molecule has 50 valence electrons. The van der Waals surface area contributed by atoms with Gasteiger partial charge in [-0.05, 0) is 13.0 Å². The molecular weight excluding hydrogens is 120 g/mol. The summed E-state index contributed by atoms with van der Waals surface area (Å²) in [6.45, 7) is 2.27. The van der Waals surface area contributed by atoms with Crippen molar-refractivity contribution in [3.8, 4) is 0 Å². The van der Waals surface area contributed by atoms with E-state index < -0.39 is 6.16 Å². The Hall–Kier alpha value is -0.990. The third-order valence-corrected chi connectivity index (χ3v) is 1.10. The fourth-order valence-corrected chi connectivity index (χ4v) is 0.626. The van der Waals surface area contributed by atoms with Crippen molar-refractivity contribution in [1.29, 1.82) is 0 Å². The van der Waals surface area contributed by atoms with Crippen LogP contribution in [0.3, 0.4) is 0 Å². The summed E-state index contributed by atoms with van der Waals surface area (Å²) in [6, 6.07) is 0. The third kappa shape index (κ3) is 1.45. The first-order valence-electron chi connectivity index (χ1n) is 2.82. The molecular formula is C6H8O3. The van der Waals surface area contributed by atoms with Crippen LogP contribution >= 0.6 is 0 Å². The van der Waals surface area contributed by atoms with Crippen LogP contribution in [-0.2, 0) is 9.47 Å². The van der Waals surface area contributed by atoms with Crippen LogP contribution in [-0.4, -0.2) is 12.8 Å². The zero-order valence-electron chi connectivity index (χ0n) is 5.22. The largest absolute Gasteiger partial charge is 0.513 e. The number of ether oxygens (including phenoxy) is 2. The van der Waals surface area contributed by atoms with Crippen LogP contribution in [0.5, 0.6) is 0 Å². The predicted molar refractivity (Wildman–Crippen MR) is 30.8 cm³/mol. The SMILES string of the molecule is CC=C1CCOC(=O)O1. The molecule has 1 heterocycles. The lowest BCUT2D eigenvalue weighted by Crippen LogP contribution is -2.15. The predicted octanol–water partition coefficient (Wildman–Crippen LogP) is 1.45. The number of cyclic esters (lactones) is 2. The van der Waals surface area contributed by atoms with Crippen LogP contribution in [0.25, 0.3) is 0 Å². The average Bonchev–Trinajstić information content (AvgIpc) is 1.88. The van der Waals surface area contributed by atoms with Gasteiger partial charge in [-0.25, -0.2) is 4.79 Å². The third-order valence-electron chi connectivity index (χ3n) is 1.10. The molecule has 0 aliphatic carbocycles. The molecule has 0 bridgehead atoms. The monoisotopic (exact) mass is 128 g/mol. The quantitative estimate of drug-likeness (QED) is 0.463. The lowest BCUT2D eigenvalue weighted by atomic mass is 10.3. The number of rotatable bonds is 0. The van der Waals surface area contributed by atoms with Gasteiger partial charge >= 0.3 is 6.16 Å². The summed E-state index contributed by atoms with van der Waals surface area (Å²) < 4.78 is 9.14. The van der Waals surface area contributed by atoms with Crippen molar-refractivity contribution < 1.29 is 14.3 Å². The normalized spacial score (nSPS) is 23.2. The lowest BCUT2D eigenvalue weighted by molar-refractivity contribution is 0.0486. The highest BCUT2D eigenvalue weighted by Crippen LogP contribution is 2.10. The fourth-order valence-electron chi connectivity index (χ4n) is 0.626. The fraction of sp³-hybridized carbons (Fsp3) is 0.500. The Labute approximate surface area is 53.3 Å². The summed E-state index contributed by atoms with van der Waals surface area (Å²) in [4.78, 5) is 10.3. The Morgan fingerprint density at radius 1 is 1.67 bits per heavy atom. The molecule has 0 aromatic carbocycles. The Morgan fingerprint density at radius 2 is 2.44 bits per heavy atom. The van der Waals surface area contributed by atoms with Gasteiger partial charge in [0.2, 0.25) is 0 Å². The molecule has 0 spiro atoms. The Balaban J connectivity index is 2.51. The Bertz CT molecular complexity index is 148. The zero-order chi connectivity index (χ0) is 6.69. The first-order chi connectivity index (χ1) is 4.33. The van der Waals surface area contributed by atoms with Crippen LogP contribution in [0.1, 0.15) is 13.3 Å². The smallest absolute Gasteiger partial charge is 0.434 e. The van der Waals surface area contributed by atoms with Crippen LogP contribution in [0, 0.1) is 0 Å². The number of allylic oxidation sites excluding steroid dienone is 1. The lowest BCUT2D eigenvalue weighted by Gasteiger charge is -2.13.